The van der Waals surface area contributed by atoms with Gasteiger partial charge in [0.1, 0.15) is 6.10 Å². The molecule has 0 aromatic rings. The second-order valence-corrected chi connectivity index (χ2v) is 11.0. The normalized spacial score (nSPS) is 12.7. The number of carboxylic acids is 1. The van der Waals surface area contributed by atoms with Gasteiger partial charge in [-0.25, -0.2) is 0 Å². The summed E-state index contributed by atoms with van der Waals surface area (Å²) in [6, 6.07) is 0. The number of rotatable bonds is 29. The van der Waals surface area contributed by atoms with Crippen molar-refractivity contribution >= 4 is 11.9 Å². The number of aliphatic carboxylic acids is 1. The molecule has 0 rings (SSSR count). The molecule has 4 nitrogen and oxygen atoms in total. The summed E-state index contributed by atoms with van der Waals surface area (Å²) in [4.78, 5) is 23.3. The highest BCUT2D eigenvalue weighted by molar-refractivity contribution is 5.69. The average molecular weight is 547 g/mol. The van der Waals surface area contributed by atoms with Crippen LogP contribution >= 0.6 is 0 Å². The highest BCUT2D eigenvalue weighted by Crippen LogP contribution is 2.17. The molecule has 0 radical (unpaired) electrons. The lowest BCUT2D eigenvalue weighted by Crippen LogP contribution is -2.18. The zero-order valence-corrected chi connectivity index (χ0v) is 25.7. The maximum absolute atomic E-state index is 12.4. The Balaban J connectivity index is 3.82. The van der Waals surface area contributed by atoms with Crippen molar-refractivity contribution < 1.29 is 19.4 Å². The van der Waals surface area contributed by atoms with Gasteiger partial charge in [0.2, 0.25) is 0 Å². The van der Waals surface area contributed by atoms with E-state index < -0.39 is 5.97 Å². The van der Waals surface area contributed by atoms with Crippen LogP contribution in [0.1, 0.15) is 168 Å². The molecule has 0 aromatic carbocycles. The standard InChI is InChI=1S/C35H62O4/c1-3-5-7-9-11-13-14-15-16-17-18-19-20-21-23-25-27-32-35(38)39-33(30-28-31-34(36)37)29-26-24-22-12-10-8-6-4-2/h5,7,11,13,15-16,33H,3-4,6,8-10,12,14,17-32H2,1-2H3,(H,36,37)/b7-5-,13-11-,16-15-. The van der Waals surface area contributed by atoms with E-state index >= 15 is 0 Å². The molecule has 0 spiro atoms. The van der Waals surface area contributed by atoms with Gasteiger partial charge in [0, 0.05) is 12.8 Å². The Hall–Kier alpha value is -1.84. The lowest BCUT2D eigenvalue weighted by molar-refractivity contribution is -0.150. The van der Waals surface area contributed by atoms with Crippen molar-refractivity contribution in [1.29, 1.82) is 0 Å². The van der Waals surface area contributed by atoms with Gasteiger partial charge in [0.15, 0.2) is 0 Å². The minimum atomic E-state index is -0.775. The predicted molar refractivity (Wildman–Crippen MR) is 167 cm³/mol. The Bertz CT molecular complexity index is 635. The highest BCUT2D eigenvalue weighted by atomic mass is 16.5. The molecule has 39 heavy (non-hydrogen) atoms. The van der Waals surface area contributed by atoms with E-state index in [1.165, 1.54) is 83.5 Å². The number of esters is 1. The van der Waals surface area contributed by atoms with Crippen LogP contribution in [0.5, 0.6) is 0 Å². The zero-order chi connectivity index (χ0) is 28.7. The van der Waals surface area contributed by atoms with Crippen LogP contribution in [0, 0.1) is 0 Å². The first-order valence-corrected chi connectivity index (χ1v) is 16.5. The van der Waals surface area contributed by atoms with Crippen molar-refractivity contribution in [1.82, 2.24) is 0 Å². The van der Waals surface area contributed by atoms with E-state index in [0.717, 1.165) is 44.9 Å². The molecule has 0 fully saturated rings. The number of carbonyl (C=O) groups excluding carboxylic acids is 1. The molecule has 0 bridgehead atoms. The largest absolute Gasteiger partial charge is 0.481 e. The minimum Gasteiger partial charge on any atom is -0.481 e. The van der Waals surface area contributed by atoms with Crippen LogP contribution in [0.25, 0.3) is 0 Å². The number of hydrogen-bond acceptors (Lipinski definition) is 3. The number of ether oxygens (including phenoxy) is 1. The molecule has 0 saturated heterocycles. The van der Waals surface area contributed by atoms with Crippen molar-refractivity contribution in [2.24, 2.45) is 0 Å². The first kappa shape index (κ1) is 37.2. The number of hydrogen-bond donors (Lipinski definition) is 1. The van der Waals surface area contributed by atoms with Gasteiger partial charge >= 0.3 is 11.9 Å². The fourth-order valence-electron chi connectivity index (χ4n) is 4.74. The molecular formula is C35H62O4. The second-order valence-electron chi connectivity index (χ2n) is 11.0. The van der Waals surface area contributed by atoms with Crippen LogP contribution in [0.3, 0.4) is 0 Å². The van der Waals surface area contributed by atoms with Crippen molar-refractivity contribution in [3.63, 3.8) is 0 Å². The quantitative estimate of drug-likeness (QED) is 0.0575. The fourth-order valence-corrected chi connectivity index (χ4v) is 4.74. The topological polar surface area (TPSA) is 63.6 Å². The fraction of sp³-hybridized carbons (Fsp3) is 0.771. The van der Waals surface area contributed by atoms with Crippen molar-refractivity contribution in [3.05, 3.63) is 36.5 Å². The number of allylic oxidation sites excluding steroid dienone is 6. The van der Waals surface area contributed by atoms with Crippen LogP contribution in [0.4, 0.5) is 0 Å². The molecule has 0 aliphatic heterocycles. The average Bonchev–Trinajstić information content (AvgIpc) is 2.91. The lowest BCUT2D eigenvalue weighted by Gasteiger charge is -2.18. The van der Waals surface area contributed by atoms with Gasteiger partial charge in [0.05, 0.1) is 0 Å². The molecule has 4 heteroatoms. The van der Waals surface area contributed by atoms with Crippen molar-refractivity contribution in [3.8, 4) is 0 Å². The SMILES string of the molecule is CC/C=C\C/C=C\C/C=C\CCCCCCCCCC(=O)OC(CCCCCCCCCC)CCCC(=O)O. The van der Waals surface area contributed by atoms with Crippen molar-refractivity contribution in [2.45, 2.75) is 174 Å². The van der Waals surface area contributed by atoms with E-state index in [0.29, 0.717) is 19.3 Å². The maximum Gasteiger partial charge on any atom is 0.306 e. The Morgan fingerprint density at radius 2 is 1.10 bits per heavy atom. The predicted octanol–water partition coefficient (Wildman–Crippen LogP) is 11.1. The third kappa shape index (κ3) is 30.6. The zero-order valence-electron chi connectivity index (χ0n) is 25.7. The van der Waals surface area contributed by atoms with E-state index in [1.807, 2.05) is 0 Å². The molecular weight excluding hydrogens is 484 g/mol. The maximum atomic E-state index is 12.4. The van der Waals surface area contributed by atoms with E-state index in [9.17, 15) is 9.59 Å². The van der Waals surface area contributed by atoms with Crippen LogP contribution in [0.2, 0.25) is 0 Å². The molecule has 0 saturated carbocycles. The molecule has 0 aromatic heterocycles. The van der Waals surface area contributed by atoms with Gasteiger partial charge in [-0.05, 0) is 64.2 Å². The summed E-state index contributed by atoms with van der Waals surface area (Å²) in [5.74, 6) is -0.878. The van der Waals surface area contributed by atoms with E-state index in [-0.39, 0.29) is 18.5 Å². The van der Waals surface area contributed by atoms with Crippen molar-refractivity contribution in [2.75, 3.05) is 0 Å². The summed E-state index contributed by atoms with van der Waals surface area (Å²) in [6.45, 7) is 4.40. The smallest absolute Gasteiger partial charge is 0.306 e. The molecule has 0 amide bonds. The molecule has 226 valence electrons. The van der Waals surface area contributed by atoms with E-state index in [1.54, 1.807) is 0 Å². The van der Waals surface area contributed by atoms with Gasteiger partial charge in [-0.15, -0.1) is 0 Å². The molecule has 0 heterocycles. The van der Waals surface area contributed by atoms with Gasteiger partial charge in [-0.3, -0.25) is 9.59 Å². The summed E-state index contributed by atoms with van der Waals surface area (Å²) in [6.07, 6.45) is 38.7. The third-order valence-electron chi connectivity index (χ3n) is 7.13. The van der Waals surface area contributed by atoms with Gasteiger partial charge < -0.3 is 9.84 Å². The summed E-state index contributed by atoms with van der Waals surface area (Å²) < 4.78 is 5.78. The summed E-state index contributed by atoms with van der Waals surface area (Å²) >= 11 is 0. The van der Waals surface area contributed by atoms with E-state index in [4.69, 9.17) is 9.84 Å². The van der Waals surface area contributed by atoms with Crippen LogP contribution in [0.15, 0.2) is 36.5 Å². The van der Waals surface area contributed by atoms with Crippen LogP contribution < -0.4 is 0 Å². The summed E-state index contributed by atoms with van der Waals surface area (Å²) in [5, 5.41) is 8.94. The first-order chi connectivity index (χ1) is 19.1. The van der Waals surface area contributed by atoms with Gasteiger partial charge in [-0.1, -0.05) is 127 Å². The summed E-state index contributed by atoms with van der Waals surface area (Å²) in [7, 11) is 0. The summed E-state index contributed by atoms with van der Waals surface area (Å²) in [5.41, 5.74) is 0. The van der Waals surface area contributed by atoms with E-state index in [2.05, 4.69) is 50.3 Å². The monoisotopic (exact) mass is 546 g/mol. The Morgan fingerprint density at radius 1 is 0.590 bits per heavy atom. The van der Waals surface area contributed by atoms with Gasteiger partial charge in [0.25, 0.3) is 0 Å². The Labute approximate surface area is 241 Å². The van der Waals surface area contributed by atoms with Gasteiger partial charge in [-0.2, -0.15) is 0 Å². The second kappa shape index (κ2) is 30.7. The lowest BCUT2D eigenvalue weighted by atomic mass is 10.0. The number of carboxylic acid groups (broad SMARTS) is 1. The number of carbonyl (C=O) groups is 2. The molecule has 1 N–H and O–H groups in total. The molecule has 0 aliphatic rings. The van der Waals surface area contributed by atoms with Crippen LogP contribution in [-0.2, 0) is 14.3 Å². The first-order valence-electron chi connectivity index (χ1n) is 16.5. The van der Waals surface area contributed by atoms with Crippen LogP contribution in [-0.4, -0.2) is 23.1 Å². The minimum absolute atomic E-state index is 0.103. The Morgan fingerprint density at radius 3 is 1.72 bits per heavy atom. The number of unbranched alkanes of at least 4 members (excludes halogenated alkanes) is 14. The molecule has 0 aliphatic carbocycles. The Kier molecular flexibility index (Phi) is 29.2. The third-order valence-corrected chi connectivity index (χ3v) is 7.13. The molecule has 1 atom stereocenters. The molecule has 1 unspecified atom stereocenters. The highest BCUT2D eigenvalue weighted by Gasteiger charge is 2.15.